The van der Waals surface area contributed by atoms with Gasteiger partial charge in [-0.2, -0.15) is 5.26 Å². The Morgan fingerprint density at radius 1 is 1.43 bits per heavy atom. The molecule has 0 fully saturated rings. The summed E-state index contributed by atoms with van der Waals surface area (Å²) >= 11 is 0. The smallest absolute Gasteiger partial charge is 0.244 e. The molecule has 3 N–H and O–H groups in total. The van der Waals surface area contributed by atoms with Crippen LogP contribution in [0.5, 0.6) is 11.6 Å². The maximum absolute atomic E-state index is 9.60. The third kappa shape index (κ3) is 2.40. The van der Waals surface area contributed by atoms with Crippen molar-refractivity contribution in [1.82, 2.24) is 10.2 Å². The molecule has 0 aliphatic carbocycles. The number of ether oxygens (including phenoxy) is 2. The molecular weight excluding hydrogens is 292 g/mol. The van der Waals surface area contributed by atoms with Crippen LogP contribution in [0.1, 0.15) is 36.1 Å². The second-order valence-electron chi connectivity index (χ2n) is 5.34. The number of rotatable bonds is 4. The van der Waals surface area contributed by atoms with Gasteiger partial charge < -0.3 is 15.2 Å². The van der Waals surface area contributed by atoms with Crippen LogP contribution in [0.2, 0.25) is 0 Å². The maximum Gasteiger partial charge on any atom is 0.244 e. The van der Waals surface area contributed by atoms with Gasteiger partial charge >= 0.3 is 0 Å². The van der Waals surface area contributed by atoms with E-state index in [1.807, 2.05) is 24.3 Å². The summed E-state index contributed by atoms with van der Waals surface area (Å²) in [6.45, 7) is 2.09. The van der Waals surface area contributed by atoms with Crippen LogP contribution in [-0.4, -0.2) is 17.3 Å². The van der Waals surface area contributed by atoms with Crippen molar-refractivity contribution < 1.29 is 9.47 Å². The molecule has 2 heterocycles. The van der Waals surface area contributed by atoms with Gasteiger partial charge in [0, 0.05) is 11.3 Å². The van der Waals surface area contributed by atoms with Gasteiger partial charge in [-0.25, -0.2) is 0 Å². The lowest BCUT2D eigenvalue weighted by molar-refractivity contribution is 0.374. The molecule has 0 bridgehead atoms. The third-order valence-corrected chi connectivity index (χ3v) is 3.97. The van der Waals surface area contributed by atoms with Gasteiger partial charge in [0.25, 0.3) is 0 Å². The largest absolute Gasteiger partial charge is 0.496 e. The van der Waals surface area contributed by atoms with Gasteiger partial charge in [-0.15, -0.1) is 5.10 Å². The number of benzene rings is 1. The molecule has 0 spiro atoms. The van der Waals surface area contributed by atoms with E-state index in [2.05, 4.69) is 23.2 Å². The lowest BCUT2D eigenvalue weighted by atomic mass is 9.83. The maximum atomic E-state index is 9.60. The second kappa shape index (κ2) is 6.05. The Morgan fingerprint density at radius 3 is 2.91 bits per heavy atom. The first-order chi connectivity index (χ1) is 11.2. The van der Waals surface area contributed by atoms with E-state index in [1.165, 1.54) is 0 Å². The number of allylic oxidation sites excluding steroid dienone is 1. The van der Waals surface area contributed by atoms with E-state index in [4.69, 9.17) is 15.2 Å². The zero-order valence-corrected chi connectivity index (χ0v) is 13.1. The Balaban J connectivity index is 2.24. The highest BCUT2D eigenvalue weighted by molar-refractivity contribution is 5.58. The Hall–Kier alpha value is -2.94. The average molecular weight is 310 g/mol. The van der Waals surface area contributed by atoms with Crippen LogP contribution < -0.4 is 15.2 Å². The number of aromatic nitrogens is 2. The van der Waals surface area contributed by atoms with Gasteiger partial charge in [-0.1, -0.05) is 31.5 Å². The molecule has 118 valence electrons. The summed E-state index contributed by atoms with van der Waals surface area (Å²) in [6.07, 6.45) is 1.77. The molecule has 0 saturated carbocycles. The Bertz CT molecular complexity index is 801. The van der Waals surface area contributed by atoms with E-state index in [0.717, 1.165) is 29.7 Å². The van der Waals surface area contributed by atoms with Crippen molar-refractivity contribution in [1.29, 1.82) is 5.26 Å². The molecule has 1 aliphatic rings. The van der Waals surface area contributed by atoms with Gasteiger partial charge in [0.15, 0.2) is 0 Å². The SMILES string of the molecule is CCCc1[nH]nc2c1[C@H](c1ccccc1OC)C(C#N)=C(N)O2. The standard InChI is InChI=1S/C17H18N4O2/c1-3-6-12-15-14(10-7-4-5-8-13(10)22-2)11(9-18)16(19)23-17(15)21-20-12/h4-5,7-8,14H,3,6,19H2,1-2H3,(H,20,21)/t14-/m1/s1. The van der Waals surface area contributed by atoms with E-state index in [0.29, 0.717) is 17.2 Å². The summed E-state index contributed by atoms with van der Waals surface area (Å²) in [5, 5.41) is 16.8. The van der Waals surface area contributed by atoms with Gasteiger partial charge in [-0.05, 0) is 12.5 Å². The minimum absolute atomic E-state index is 0.0884. The Labute approximate surface area is 134 Å². The van der Waals surface area contributed by atoms with Crippen molar-refractivity contribution >= 4 is 0 Å². The Morgan fingerprint density at radius 2 is 2.22 bits per heavy atom. The molecule has 0 unspecified atom stereocenters. The number of nitrogens with two attached hydrogens (primary N) is 1. The highest BCUT2D eigenvalue weighted by Crippen LogP contribution is 2.45. The quantitative estimate of drug-likeness (QED) is 0.904. The lowest BCUT2D eigenvalue weighted by Gasteiger charge is -2.25. The molecule has 6 nitrogen and oxygen atoms in total. The number of nitrogens with zero attached hydrogens (tertiary/aromatic N) is 2. The topological polar surface area (TPSA) is 97.0 Å². The van der Waals surface area contributed by atoms with E-state index < -0.39 is 0 Å². The number of hydrogen-bond acceptors (Lipinski definition) is 5. The molecule has 1 aromatic heterocycles. The monoisotopic (exact) mass is 310 g/mol. The van der Waals surface area contributed by atoms with Crippen molar-refractivity contribution in [2.75, 3.05) is 7.11 Å². The third-order valence-electron chi connectivity index (χ3n) is 3.97. The number of H-pyrrole nitrogens is 1. The van der Waals surface area contributed by atoms with Crippen LogP contribution in [-0.2, 0) is 6.42 Å². The number of aryl methyl sites for hydroxylation is 1. The van der Waals surface area contributed by atoms with Crippen LogP contribution in [0, 0.1) is 11.3 Å². The summed E-state index contributed by atoms with van der Waals surface area (Å²) < 4.78 is 11.0. The highest BCUT2D eigenvalue weighted by Gasteiger charge is 2.36. The number of fused-ring (bicyclic) bond motifs is 1. The molecule has 1 atom stereocenters. The molecule has 23 heavy (non-hydrogen) atoms. The van der Waals surface area contributed by atoms with Crippen LogP contribution in [0.15, 0.2) is 35.7 Å². The van der Waals surface area contributed by atoms with E-state index in [-0.39, 0.29) is 11.8 Å². The van der Waals surface area contributed by atoms with Crippen LogP contribution in [0.3, 0.4) is 0 Å². The van der Waals surface area contributed by atoms with Crippen molar-refractivity contribution in [3.8, 4) is 17.7 Å². The predicted octanol–water partition coefficient (Wildman–Crippen LogP) is 2.59. The van der Waals surface area contributed by atoms with Crippen molar-refractivity contribution in [2.24, 2.45) is 5.73 Å². The molecule has 0 radical (unpaired) electrons. The zero-order valence-electron chi connectivity index (χ0n) is 13.1. The molecule has 1 aromatic carbocycles. The fourth-order valence-corrected chi connectivity index (χ4v) is 2.97. The first kappa shape index (κ1) is 15.0. The minimum atomic E-state index is -0.347. The number of para-hydroxylation sites is 1. The zero-order chi connectivity index (χ0) is 16.4. The number of methoxy groups -OCH3 is 1. The van der Waals surface area contributed by atoms with Crippen LogP contribution in [0.25, 0.3) is 0 Å². The first-order valence-electron chi connectivity index (χ1n) is 7.48. The van der Waals surface area contributed by atoms with Crippen LogP contribution >= 0.6 is 0 Å². The summed E-state index contributed by atoms with van der Waals surface area (Å²) in [5.41, 5.74) is 9.02. The summed E-state index contributed by atoms with van der Waals surface area (Å²) in [7, 11) is 1.61. The second-order valence-corrected chi connectivity index (χ2v) is 5.34. The molecule has 1 aliphatic heterocycles. The van der Waals surface area contributed by atoms with E-state index in [1.54, 1.807) is 7.11 Å². The van der Waals surface area contributed by atoms with Gasteiger partial charge in [0.2, 0.25) is 11.8 Å². The van der Waals surface area contributed by atoms with Crippen molar-refractivity contribution in [3.63, 3.8) is 0 Å². The highest BCUT2D eigenvalue weighted by atomic mass is 16.5. The fraction of sp³-hybridized carbons (Fsp3) is 0.294. The summed E-state index contributed by atoms with van der Waals surface area (Å²) in [6, 6.07) is 9.80. The number of aromatic amines is 1. The average Bonchev–Trinajstić information content (AvgIpc) is 2.96. The minimum Gasteiger partial charge on any atom is -0.496 e. The molecule has 0 amide bonds. The van der Waals surface area contributed by atoms with Gasteiger partial charge in [-0.3, -0.25) is 5.10 Å². The summed E-state index contributed by atoms with van der Waals surface area (Å²) in [4.78, 5) is 0. The van der Waals surface area contributed by atoms with E-state index in [9.17, 15) is 5.26 Å². The van der Waals surface area contributed by atoms with Crippen LogP contribution in [0.4, 0.5) is 0 Å². The molecule has 3 rings (SSSR count). The van der Waals surface area contributed by atoms with Gasteiger partial charge in [0.1, 0.15) is 17.4 Å². The predicted molar refractivity (Wildman–Crippen MR) is 84.9 cm³/mol. The fourth-order valence-electron chi connectivity index (χ4n) is 2.97. The van der Waals surface area contributed by atoms with Crippen molar-refractivity contribution in [3.05, 3.63) is 52.5 Å². The number of hydrogen-bond donors (Lipinski definition) is 2. The molecule has 0 saturated heterocycles. The number of nitrogens with one attached hydrogen (secondary N) is 1. The van der Waals surface area contributed by atoms with Crippen molar-refractivity contribution in [2.45, 2.75) is 25.7 Å². The molecular formula is C17H18N4O2. The molecule has 2 aromatic rings. The normalized spacial score (nSPS) is 16.5. The Kier molecular flexibility index (Phi) is 3.94. The summed E-state index contributed by atoms with van der Waals surface area (Å²) in [5.74, 6) is 0.876. The van der Waals surface area contributed by atoms with Gasteiger partial charge in [0.05, 0.1) is 18.6 Å². The first-order valence-corrected chi connectivity index (χ1v) is 7.48. The molecule has 6 heteroatoms. The lowest BCUT2D eigenvalue weighted by Crippen LogP contribution is -2.21. The van der Waals surface area contributed by atoms with E-state index >= 15 is 0 Å². The number of nitriles is 1.